The minimum absolute atomic E-state index is 0.119. The Kier molecular flexibility index (Phi) is 3.84. The van der Waals surface area contributed by atoms with Crippen LogP contribution in [-0.2, 0) is 6.54 Å². The number of nitrogens with zero attached hydrogens (tertiary/aromatic N) is 3. The first-order valence-electron chi connectivity index (χ1n) is 7.45. The monoisotopic (exact) mass is 265 g/mol. The summed E-state index contributed by atoms with van der Waals surface area (Å²) in [7, 11) is 0. The van der Waals surface area contributed by atoms with Crippen molar-refractivity contribution in [3.05, 3.63) is 11.7 Å². The highest BCUT2D eigenvalue weighted by molar-refractivity contribution is 4.93. The molecule has 19 heavy (non-hydrogen) atoms. The van der Waals surface area contributed by atoms with Crippen molar-refractivity contribution in [1.29, 1.82) is 0 Å². The first-order chi connectivity index (χ1) is 9.24. The molecule has 5 heteroatoms. The third kappa shape index (κ3) is 2.82. The van der Waals surface area contributed by atoms with Gasteiger partial charge in [0.25, 0.3) is 0 Å². The van der Waals surface area contributed by atoms with Gasteiger partial charge in [-0.25, -0.2) is 0 Å². The minimum atomic E-state index is -0.119. The SMILES string of the molecule is Cc1nc(CN2CCCC2C2CCCCC2O)no1. The molecule has 1 N–H and O–H groups in total. The zero-order chi connectivity index (χ0) is 13.2. The van der Waals surface area contributed by atoms with Crippen LogP contribution >= 0.6 is 0 Å². The molecule has 0 amide bonds. The van der Waals surface area contributed by atoms with Crippen molar-refractivity contribution >= 4 is 0 Å². The van der Waals surface area contributed by atoms with E-state index in [0.717, 1.165) is 31.8 Å². The number of hydrogen-bond donors (Lipinski definition) is 1. The van der Waals surface area contributed by atoms with E-state index in [2.05, 4.69) is 15.0 Å². The van der Waals surface area contributed by atoms with Gasteiger partial charge in [0.15, 0.2) is 5.82 Å². The van der Waals surface area contributed by atoms with Crippen molar-refractivity contribution in [1.82, 2.24) is 15.0 Å². The fourth-order valence-electron chi connectivity index (χ4n) is 3.71. The average molecular weight is 265 g/mol. The number of hydrogen-bond acceptors (Lipinski definition) is 5. The normalized spacial score (nSPS) is 32.8. The van der Waals surface area contributed by atoms with Crippen LogP contribution in [0.15, 0.2) is 4.52 Å². The molecule has 1 aliphatic carbocycles. The summed E-state index contributed by atoms with van der Waals surface area (Å²) >= 11 is 0. The van der Waals surface area contributed by atoms with Crippen molar-refractivity contribution in [3.8, 4) is 0 Å². The van der Waals surface area contributed by atoms with Gasteiger partial charge in [-0.2, -0.15) is 4.98 Å². The lowest BCUT2D eigenvalue weighted by atomic mass is 9.80. The van der Waals surface area contributed by atoms with Crippen LogP contribution in [0.25, 0.3) is 0 Å². The molecule has 1 aliphatic heterocycles. The van der Waals surface area contributed by atoms with Crippen LogP contribution in [0.5, 0.6) is 0 Å². The van der Waals surface area contributed by atoms with E-state index in [-0.39, 0.29) is 6.10 Å². The number of rotatable bonds is 3. The van der Waals surface area contributed by atoms with Crippen LogP contribution in [0.1, 0.15) is 50.2 Å². The fourth-order valence-corrected chi connectivity index (χ4v) is 3.71. The molecule has 1 saturated heterocycles. The first-order valence-corrected chi connectivity index (χ1v) is 7.45. The van der Waals surface area contributed by atoms with E-state index in [9.17, 15) is 5.11 Å². The molecule has 2 heterocycles. The number of aliphatic hydroxyl groups excluding tert-OH is 1. The van der Waals surface area contributed by atoms with Crippen LogP contribution in [0, 0.1) is 12.8 Å². The Labute approximate surface area is 114 Å². The quantitative estimate of drug-likeness (QED) is 0.904. The second-order valence-corrected chi connectivity index (χ2v) is 5.93. The van der Waals surface area contributed by atoms with Gasteiger partial charge in [0.05, 0.1) is 12.6 Å². The van der Waals surface area contributed by atoms with Gasteiger partial charge in [0.1, 0.15) is 0 Å². The van der Waals surface area contributed by atoms with Crippen LogP contribution in [-0.4, -0.2) is 38.8 Å². The summed E-state index contributed by atoms with van der Waals surface area (Å²) in [5.41, 5.74) is 0. The second kappa shape index (κ2) is 5.59. The fraction of sp³-hybridized carbons (Fsp3) is 0.857. The maximum atomic E-state index is 10.2. The molecule has 1 aromatic heterocycles. The summed E-state index contributed by atoms with van der Waals surface area (Å²) in [6.07, 6.45) is 6.85. The highest BCUT2D eigenvalue weighted by Crippen LogP contribution is 2.35. The Morgan fingerprint density at radius 1 is 1.26 bits per heavy atom. The Morgan fingerprint density at radius 2 is 2.11 bits per heavy atom. The highest BCUT2D eigenvalue weighted by Gasteiger charge is 2.37. The molecule has 0 bridgehead atoms. The van der Waals surface area contributed by atoms with Crippen molar-refractivity contribution in [2.24, 2.45) is 5.92 Å². The van der Waals surface area contributed by atoms with E-state index in [4.69, 9.17) is 4.52 Å². The van der Waals surface area contributed by atoms with Crippen LogP contribution in [0.3, 0.4) is 0 Å². The lowest BCUT2D eigenvalue weighted by molar-refractivity contribution is 0.0194. The number of likely N-dealkylation sites (tertiary alicyclic amines) is 1. The maximum Gasteiger partial charge on any atom is 0.223 e. The molecule has 0 spiro atoms. The third-order valence-corrected chi connectivity index (χ3v) is 4.60. The Hall–Kier alpha value is -0.940. The molecule has 5 nitrogen and oxygen atoms in total. The van der Waals surface area contributed by atoms with E-state index in [1.165, 1.54) is 25.7 Å². The van der Waals surface area contributed by atoms with Crippen LogP contribution < -0.4 is 0 Å². The van der Waals surface area contributed by atoms with E-state index in [1.54, 1.807) is 0 Å². The Balaban J connectivity index is 1.67. The second-order valence-electron chi connectivity index (χ2n) is 5.93. The lowest BCUT2D eigenvalue weighted by Gasteiger charge is -2.36. The van der Waals surface area contributed by atoms with Gasteiger partial charge in [-0.05, 0) is 32.2 Å². The lowest BCUT2D eigenvalue weighted by Crippen LogP contribution is -2.42. The van der Waals surface area contributed by atoms with Gasteiger partial charge in [0.2, 0.25) is 5.89 Å². The predicted octanol–water partition coefficient (Wildman–Crippen LogP) is 1.89. The van der Waals surface area contributed by atoms with Crippen molar-refractivity contribution < 1.29 is 9.63 Å². The Bertz CT molecular complexity index is 421. The number of aryl methyl sites for hydroxylation is 1. The van der Waals surface area contributed by atoms with Gasteiger partial charge >= 0.3 is 0 Å². The highest BCUT2D eigenvalue weighted by atomic mass is 16.5. The summed E-state index contributed by atoms with van der Waals surface area (Å²) in [4.78, 5) is 6.72. The average Bonchev–Trinajstić information content (AvgIpc) is 3.00. The van der Waals surface area contributed by atoms with E-state index in [0.29, 0.717) is 17.9 Å². The van der Waals surface area contributed by atoms with E-state index >= 15 is 0 Å². The van der Waals surface area contributed by atoms with Crippen LogP contribution in [0.4, 0.5) is 0 Å². The molecule has 1 saturated carbocycles. The molecule has 2 aliphatic rings. The number of aromatic nitrogens is 2. The van der Waals surface area contributed by atoms with Crippen molar-refractivity contribution in [2.45, 2.75) is 64.1 Å². The van der Waals surface area contributed by atoms with Gasteiger partial charge in [-0.15, -0.1) is 0 Å². The smallest absolute Gasteiger partial charge is 0.223 e. The largest absolute Gasteiger partial charge is 0.393 e. The molecular weight excluding hydrogens is 242 g/mol. The van der Waals surface area contributed by atoms with Gasteiger partial charge in [-0.3, -0.25) is 4.90 Å². The van der Waals surface area contributed by atoms with Crippen molar-refractivity contribution in [2.75, 3.05) is 6.54 Å². The molecule has 1 aromatic rings. The zero-order valence-electron chi connectivity index (χ0n) is 11.6. The van der Waals surface area contributed by atoms with Gasteiger partial charge in [-0.1, -0.05) is 18.0 Å². The molecule has 106 valence electrons. The molecule has 0 aromatic carbocycles. The van der Waals surface area contributed by atoms with Gasteiger partial charge < -0.3 is 9.63 Å². The van der Waals surface area contributed by atoms with E-state index < -0.39 is 0 Å². The molecular formula is C14H23N3O2. The summed E-state index contributed by atoms with van der Waals surface area (Å²) in [6, 6.07) is 0.495. The molecule has 3 unspecified atom stereocenters. The standard InChI is InChI=1S/C14H23N3O2/c1-10-15-14(16-19-10)9-17-8-4-6-12(17)11-5-2-3-7-13(11)18/h11-13,18H,2-9H2,1H3. The molecule has 2 fully saturated rings. The molecule has 3 rings (SSSR count). The Morgan fingerprint density at radius 3 is 2.84 bits per heavy atom. The maximum absolute atomic E-state index is 10.2. The summed E-state index contributed by atoms with van der Waals surface area (Å²) in [6.45, 7) is 3.66. The summed E-state index contributed by atoms with van der Waals surface area (Å²) in [5, 5.41) is 14.2. The first kappa shape index (κ1) is 13.1. The van der Waals surface area contributed by atoms with Crippen LogP contribution in [0.2, 0.25) is 0 Å². The van der Waals surface area contributed by atoms with E-state index in [1.807, 2.05) is 6.92 Å². The minimum Gasteiger partial charge on any atom is -0.393 e. The van der Waals surface area contributed by atoms with Gasteiger partial charge in [0, 0.05) is 18.9 Å². The zero-order valence-corrected chi connectivity index (χ0v) is 11.6. The summed E-state index contributed by atoms with van der Waals surface area (Å²) in [5.74, 6) is 1.84. The number of aliphatic hydroxyl groups is 1. The van der Waals surface area contributed by atoms with Crippen molar-refractivity contribution in [3.63, 3.8) is 0 Å². The summed E-state index contributed by atoms with van der Waals surface area (Å²) < 4.78 is 5.04. The molecule has 3 atom stereocenters. The topological polar surface area (TPSA) is 62.4 Å². The third-order valence-electron chi connectivity index (χ3n) is 4.60. The predicted molar refractivity (Wildman–Crippen MR) is 70.4 cm³/mol. The molecule has 0 radical (unpaired) electrons.